The standard InChI is InChI=1S/C24H27NO4/c1-15-8-10-25(11-9-15)24(27)16(2)17-5-7-21-19(12-17)14-22(29-21)18-4-6-20(26)23(13-18)28-3/h4-7,12-16,26H,8-11H2,1-3H3. The fourth-order valence-corrected chi connectivity index (χ4v) is 3.95. The molecule has 0 saturated carbocycles. The topological polar surface area (TPSA) is 62.9 Å². The van der Waals surface area contributed by atoms with Crippen molar-refractivity contribution in [2.75, 3.05) is 20.2 Å². The molecule has 1 saturated heterocycles. The Balaban J connectivity index is 1.59. The molecular weight excluding hydrogens is 366 g/mol. The average molecular weight is 393 g/mol. The monoisotopic (exact) mass is 393 g/mol. The maximum absolute atomic E-state index is 12.9. The van der Waals surface area contributed by atoms with Crippen molar-refractivity contribution >= 4 is 16.9 Å². The zero-order valence-corrected chi connectivity index (χ0v) is 17.1. The van der Waals surface area contributed by atoms with Crippen molar-refractivity contribution in [1.82, 2.24) is 4.90 Å². The average Bonchev–Trinajstić information content (AvgIpc) is 3.17. The zero-order chi connectivity index (χ0) is 20.5. The van der Waals surface area contributed by atoms with Crippen LogP contribution in [0.2, 0.25) is 0 Å². The molecule has 5 heteroatoms. The molecule has 1 atom stereocenters. The molecule has 4 rings (SSSR count). The Morgan fingerprint density at radius 1 is 1.17 bits per heavy atom. The van der Waals surface area contributed by atoms with E-state index in [1.165, 1.54) is 7.11 Å². The molecule has 29 heavy (non-hydrogen) atoms. The Bertz CT molecular complexity index is 1030. The van der Waals surface area contributed by atoms with Crippen LogP contribution in [-0.2, 0) is 4.79 Å². The van der Waals surface area contributed by atoms with Crippen molar-refractivity contribution in [3.05, 3.63) is 48.0 Å². The molecule has 1 N–H and O–H groups in total. The van der Waals surface area contributed by atoms with Gasteiger partial charge in [0.05, 0.1) is 13.0 Å². The van der Waals surface area contributed by atoms with E-state index in [0.29, 0.717) is 17.4 Å². The molecule has 0 spiro atoms. The van der Waals surface area contributed by atoms with Gasteiger partial charge in [-0.1, -0.05) is 13.0 Å². The van der Waals surface area contributed by atoms with Gasteiger partial charge in [0, 0.05) is 24.0 Å². The number of carbonyl (C=O) groups is 1. The normalized spacial score (nSPS) is 16.2. The van der Waals surface area contributed by atoms with Crippen molar-refractivity contribution in [3.63, 3.8) is 0 Å². The lowest BCUT2D eigenvalue weighted by Gasteiger charge is -2.32. The molecule has 2 heterocycles. The number of piperidine rings is 1. The molecule has 5 nitrogen and oxygen atoms in total. The number of amides is 1. The predicted octanol–water partition coefficient (Wildman–Crippen LogP) is 5.18. The summed E-state index contributed by atoms with van der Waals surface area (Å²) in [5.41, 5.74) is 2.59. The molecule has 1 fully saturated rings. The Kier molecular flexibility index (Phi) is 5.22. The molecular formula is C24H27NO4. The highest BCUT2D eigenvalue weighted by molar-refractivity contribution is 5.88. The lowest BCUT2D eigenvalue weighted by atomic mass is 9.95. The third-order valence-electron chi connectivity index (χ3n) is 5.97. The quantitative estimate of drug-likeness (QED) is 0.664. The largest absolute Gasteiger partial charge is 0.504 e. The summed E-state index contributed by atoms with van der Waals surface area (Å²) in [6.07, 6.45) is 2.16. The van der Waals surface area contributed by atoms with Crippen LogP contribution >= 0.6 is 0 Å². The summed E-state index contributed by atoms with van der Waals surface area (Å²) >= 11 is 0. The van der Waals surface area contributed by atoms with E-state index in [0.717, 1.165) is 48.0 Å². The first-order valence-electron chi connectivity index (χ1n) is 10.2. The van der Waals surface area contributed by atoms with Gasteiger partial charge in [-0.2, -0.15) is 0 Å². The number of phenolic OH excluding ortho intramolecular Hbond substituents is 1. The summed E-state index contributed by atoms with van der Waals surface area (Å²) in [6.45, 7) is 5.93. The molecule has 1 aliphatic heterocycles. The van der Waals surface area contributed by atoms with Gasteiger partial charge < -0.3 is 19.2 Å². The second-order valence-corrected chi connectivity index (χ2v) is 8.02. The molecule has 0 aliphatic carbocycles. The van der Waals surface area contributed by atoms with E-state index in [1.54, 1.807) is 18.2 Å². The molecule has 1 amide bonds. The number of benzene rings is 2. The number of furan rings is 1. The van der Waals surface area contributed by atoms with Crippen molar-refractivity contribution in [3.8, 4) is 22.8 Å². The van der Waals surface area contributed by atoms with Crippen LogP contribution in [0.1, 0.15) is 38.2 Å². The van der Waals surface area contributed by atoms with Crippen LogP contribution in [0.25, 0.3) is 22.3 Å². The highest BCUT2D eigenvalue weighted by Crippen LogP contribution is 2.35. The minimum absolute atomic E-state index is 0.0918. The van der Waals surface area contributed by atoms with Crippen LogP contribution in [0.4, 0.5) is 0 Å². The number of aromatic hydroxyl groups is 1. The van der Waals surface area contributed by atoms with Crippen LogP contribution < -0.4 is 4.74 Å². The molecule has 1 unspecified atom stereocenters. The van der Waals surface area contributed by atoms with Crippen LogP contribution in [0.5, 0.6) is 11.5 Å². The summed E-state index contributed by atoms with van der Waals surface area (Å²) in [5.74, 6) is 1.91. The number of hydrogen-bond donors (Lipinski definition) is 1. The molecule has 0 radical (unpaired) electrons. The minimum Gasteiger partial charge on any atom is -0.504 e. The summed E-state index contributed by atoms with van der Waals surface area (Å²) in [7, 11) is 1.52. The van der Waals surface area contributed by atoms with Crippen molar-refractivity contribution < 1.29 is 19.1 Å². The Hall–Kier alpha value is -2.95. The molecule has 0 bridgehead atoms. The SMILES string of the molecule is COc1cc(-c2cc3cc(C(C)C(=O)N4CCC(C)CC4)ccc3o2)ccc1O. The number of methoxy groups -OCH3 is 1. The second-order valence-electron chi connectivity index (χ2n) is 8.02. The summed E-state index contributed by atoms with van der Waals surface area (Å²) in [4.78, 5) is 14.9. The van der Waals surface area contributed by atoms with Gasteiger partial charge in [-0.3, -0.25) is 4.79 Å². The summed E-state index contributed by atoms with van der Waals surface area (Å²) in [5, 5.41) is 10.8. The van der Waals surface area contributed by atoms with Crippen LogP contribution in [0.15, 0.2) is 46.9 Å². The van der Waals surface area contributed by atoms with Gasteiger partial charge in [-0.15, -0.1) is 0 Å². The van der Waals surface area contributed by atoms with Crippen LogP contribution in [0, 0.1) is 5.92 Å². The number of fused-ring (bicyclic) bond motifs is 1. The Labute approximate surface area is 170 Å². The predicted molar refractivity (Wildman–Crippen MR) is 113 cm³/mol. The van der Waals surface area contributed by atoms with E-state index in [2.05, 4.69) is 6.92 Å². The highest BCUT2D eigenvalue weighted by atomic mass is 16.5. The van der Waals surface area contributed by atoms with E-state index < -0.39 is 0 Å². The third kappa shape index (κ3) is 3.82. The first-order valence-corrected chi connectivity index (χ1v) is 10.2. The molecule has 3 aromatic rings. The number of carbonyl (C=O) groups excluding carboxylic acids is 1. The third-order valence-corrected chi connectivity index (χ3v) is 5.97. The molecule has 1 aromatic heterocycles. The van der Waals surface area contributed by atoms with Crippen molar-refractivity contribution in [1.29, 1.82) is 0 Å². The lowest BCUT2D eigenvalue weighted by Crippen LogP contribution is -2.40. The highest BCUT2D eigenvalue weighted by Gasteiger charge is 2.25. The van der Waals surface area contributed by atoms with Gasteiger partial charge >= 0.3 is 0 Å². The van der Waals surface area contributed by atoms with Gasteiger partial charge in [0.1, 0.15) is 11.3 Å². The van der Waals surface area contributed by atoms with Gasteiger partial charge in [0.25, 0.3) is 0 Å². The van der Waals surface area contributed by atoms with Gasteiger partial charge in [-0.05, 0) is 67.6 Å². The smallest absolute Gasteiger partial charge is 0.229 e. The van der Waals surface area contributed by atoms with Gasteiger partial charge in [0.15, 0.2) is 11.5 Å². The molecule has 1 aliphatic rings. The first kappa shape index (κ1) is 19.4. The van der Waals surface area contributed by atoms with E-state index in [9.17, 15) is 9.90 Å². The van der Waals surface area contributed by atoms with E-state index >= 15 is 0 Å². The number of likely N-dealkylation sites (tertiary alicyclic amines) is 1. The Morgan fingerprint density at radius 2 is 1.93 bits per heavy atom. The van der Waals surface area contributed by atoms with E-state index in [-0.39, 0.29) is 17.6 Å². The number of rotatable bonds is 4. The fourth-order valence-electron chi connectivity index (χ4n) is 3.95. The van der Waals surface area contributed by atoms with Crippen molar-refractivity contribution in [2.45, 2.75) is 32.6 Å². The zero-order valence-electron chi connectivity index (χ0n) is 17.1. The van der Waals surface area contributed by atoms with Gasteiger partial charge in [0.2, 0.25) is 5.91 Å². The van der Waals surface area contributed by atoms with Crippen LogP contribution in [0.3, 0.4) is 0 Å². The van der Waals surface area contributed by atoms with Crippen LogP contribution in [-0.4, -0.2) is 36.1 Å². The maximum atomic E-state index is 12.9. The first-order chi connectivity index (χ1) is 14.0. The van der Waals surface area contributed by atoms with E-state index in [4.69, 9.17) is 9.15 Å². The summed E-state index contributed by atoms with van der Waals surface area (Å²) in [6, 6.07) is 13.0. The molecule has 152 valence electrons. The maximum Gasteiger partial charge on any atom is 0.229 e. The minimum atomic E-state index is -0.181. The van der Waals surface area contributed by atoms with E-state index in [1.807, 2.05) is 36.1 Å². The number of phenols is 1. The summed E-state index contributed by atoms with van der Waals surface area (Å²) < 4.78 is 11.2. The lowest BCUT2D eigenvalue weighted by molar-refractivity contribution is -0.133. The van der Waals surface area contributed by atoms with Gasteiger partial charge in [-0.25, -0.2) is 0 Å². The fraction of sp³-hybridized carbons (Fsp3) is 0.375. The number of hydrogen-bond acceptors (Lipinski definition) is 4. The number of ether oxygens (including phenoxy) is 1. The number of nitrogens with zero attached hydrogens (tertiary/aromatic N) is 1. The Morgan fingerprint density at radius 3 is 2.66 bits per heavy atom. The second kappa shape index (κ2) is 7.82. The molecule has 2 aromatic carbocycles. The van der Waals surface area contributed by atoms with Crippen molar-refractivity contribution in [2.24, 2.45) is 5.92 Å².